The van der Waals surface area contributed by atoms with Crippen molar-refractivity contribution >= 4 is 5.97 Å². The van der Waals surface area contributed by atoms with E-state index in [1.165, 1.54) is 0 Å². The summed E-state index contributed by atoms with van der Waals surface area (Å²) >= 11 is 0. The second-order valence-electron chi connectivity index (χ2n) is 3.46. The Bertz CT molecular complexity index is 177. The zero-order chi connectivity index (χ0) is 8.65. The predicted molar refractivity (Wildman–Crippen MR) is 39.0 cm³/mol. The lowest BCUT2D eigenvalue weighted by atomic mass is 9.96. The number of nitrogens with two attached hydrogens (primary N) is 1. The molecule has 1 aliphatic rings. The predicted octanol–water partition coefficient (Wildman–Crippen LogP) is -0.441. The zero-order valence-electron chi connectivity index (χ0n) is 6.45. The average Bonchev–Trinajstić information content (AvgIpc) is 2.66. The van der Waals surface area contributed by atoms with Crippen LogP contribution in [-0.4, -0.2) is 28.3 Å². The van der Waals surface area contributed by atoms with Crippen molar-refractivity contribution < 1.29 is 15.0 Å². The standard InChI is InChI=1S/C7H13NO3/c1-7(2-3-7)5(9)4(8)6(10)11/h4-5,9H,2-3,8H2,1H3,(H,10,11). The Morgan fingerprint density at radius 1 is 1.64 bits per heavy atom. The molecule has 2 atom stereocenters. The van der Waals surface area contributed by atoms with Crippen LogP contribution in [0, 0.1) is 5.41 Å². The molecule has 0 aromatic heterocycles. The Balaban J connectivity index is 2.53. The molecule has 4 N–H and O–H groups in total. The topological polar surface area (TPSA) is 83.5 Å². The highest BCUT2D eigenvalue weighted by Gasteiger charge is 2.48. The summed E-state index contributed by atoms with van der Waals surface area (Å²) in [5, 5.41) is 17.8. The highest BCUT2D eigenvalue weighted by Crippen LogP contribution is 2.48. The minimum atomic E-state index is -1.14. The highest BCUT2D eigenvalue weighted by atomic mass is 16.4. The Labute approximate surface area is 65.0 Å². The van der Waals surface area contributed by atoms with Crippen LogP contribution in [0.2, 0.25) is 0 Å². The fourth-order valence-electron chi connectivity index (χ4n) is 1.06. The van der Waals surface area contributed by atoms with Gasteiger partial charge in [0.15, 0.2) is 0 Å². The van der Waals surface area contributed by atoms with E-state index >= 15 is 0 Å². The number of hydrogen-bond acceptors (Lipinski definition) is 3. The molecule has 11 heavy (non-hydrogen) atoms. The maximum absolute atomic E-state index is 10.3. The van der Waals surface area contributed by atoms with Crippen molar-refractivity contribution in [2.24, 2.45) is 11.1 Å². The Kier molecular flexibility index (Phi) is 1.90. The summed E-state index contributed by atoms with van der Waals surface area (Å²) in [6.07, 6.45) is 0.838. The highest BCUT2D eigenvalue weighted by molar-refractivity contribution is 5.74. The van der Waals surface area contributed by atoms with Crippen molar-refractivity contribution in [3.8, 4) is 0 Å². The monoisotopic (exact) mass is 159 g/mol. The molecule has 4 nitrogen and oxygen atoms in total. The van der Waals surface area contributed by atoms with Gasteiger partial charge >= 0.3 is 5.97 Å². The van der Waals surface area contributed by atoms with Gasteiger partial charge in [0.05, 0.1) is 6.10 Å². The number of carboxylic acids is 1. The Hall–Kier alpha value is -0.610. The van der Waals surface area contributed by atoms with Gasteiger partial charge < -0.3 is 15.9 Å². The van der Waals surface area contributed by atoms with Gasteiger partial charge in [0, 0.05) is 0 Å². The molecule has 0 aromatic carbocycles. The molecule has 1 rings (SSSR count). The van der Waals surface area contributed by atoms with Crippen LogP contribution in [0.1, 0.15) is 19.8 Å². The molecule has 1 aliphatic carbocycles. The van der Waals surface area contributed by atoms with Gasteiger partial charge in [0.2, 0.25) is 0 Å². The Morgan fingerprint density at radius 3 is 2.36 bits per heavy atom. The molecular weight excluding hydrogens is 146 g/mol. The molecule has 64 valence electrons. The van der Waals surface area contributed by atoms with Gasteiger partial charge in [0.25, 0.3) is 0 Å². The van der Waals surface area contributed by atoms with Gasteiger partial charge in [-0.25, -0.2) is 0 Å². The van der Waals surface area contributed by atoms with Crippen LogP contribution >= 0.6 is 0 Å². The summed E-state index contributed by atoms with van der Waals surface area (Å²) in [6, 6.07) is -1.14. The second kappa shape index (κ2) is 2.46. The average molecular weight is 159 g/mol. The van der Waals surface area contributed by atoms with Gasteiger partial charge in [-0.05, 0) is 18.3 Å². The molecule has 1 fully saturated rings. The molecule has 0 amide bonds. The quantitative estimate of drug-likeness (QED) is 0.521. The van der Waals surface area contributed by atoms with E-state index < -0.39 is 18.1 Å². The van der Waals surface area contributed by atoms with E-state index in [4.69, 9.17) is 10.8 Å². The molecule has 0 aromatic rings. The van der Waals surface area contributed by atoms with Crippen LogP contribution in [0.4, 0.5) is 0 Å². The molecule has 0 spiro atoms. The third-order valence-electron chi connectivity index (χ3n) is 2.38. The van der Waals surface area contributed by atoms with Crippen molar-refractivity contribution in [3.63, 3.8) is 0 Å². The number of carbonyl (C=O) groups is 1. The molecule has 1 saturated carbocycles. The first-order valence-corrected chi connectivity index (χ1v) is 3.64. The molecule has 0 saturated heterocycles. The van der Waals surface area contributed by atoms with Gasteiger partial charge in [-0.2, -0.15) is 0 Å². The summed E-state index contributed by atoms with van der Waals surface area (Å²) in [5.41, 5.74) is 5.00. The summed E-state index contributed by atoms with van der Waals surface area (Å²) in [5.74, 6) is -1.13. The third kappa shape index (κ3) is 1.52. The maximum Gasteiger partial charge on any atom is 0.323 e. The van der Waals surface area contributed by atoms with Crippen LogP contribution in [0.15, 0.2) is 0 Å². The van der Waals surface area contributed by atoms with E-state index in [1.54, 1.807) is 0 Å². The van der Waals surface area contributed by atoms with E-state index in [2.05, 4.69) is 0 Å². The largest absolute Gasteiger partial charge is 0.480 e. The normalized spacial score (nSPS) is 25.7. The van der Waals surface area contributed by atoms with E-state index in [9.17, 15) is 9.90 Å². The van der Waals surface area contributed by atoms with Gasteiger partial charge in [-0.1, -0.05) is 6.92 Å². The maximum atomic E-state index is 10.3. The van der Waals surface area contributed by atoms with Crippen LogP contribution < -0.4 is 5.73 Å². The van der Waals surface area contributed by atoms with Gasteiger partial charge in [-0.3, -0.25) is 4.79 Å². The third-order valence-corrected chi connectivity index (χ3v) is 2.38. The Morgan fingerprint density at radius 2 is 2.09 bits per heavy atom. The van der Waals surface area contributed by atoms with Crippen molar-refractivity contribution in [2.45, 2.75) is 31.9 Å². The number of aliphatic hydroxyl groups excluding tert-OH is 1. The van der Waals surface area contributed by atoms with Crippen LogP contribution in [0.3, 0.4) is 0 Å². The summed E-state index contributed by atoms with van der Waals surface area (Å²) in [7, 11) is 0. The van der Waals surface area contributed by atoms with Crippen molar-refractivity contribution in [2.75, 3.05) is 0 Å². The lowest BCUT2D eigenvalue weighted by Gasteiger charge is -2.20. The molecule has 2 unspecified atom stereocenters. The SMILES string of the molecule is CC1(C(O)C(N)C(=O)O)CC1. The summed E-state index contributed by atoms with van der Waals surface area (Å²) in [4.78, 5) is 10.3. The van der Waals surface area contributed by atoms with Crippen molar-refractivity contribution in [1.29, 1.82) is 0 Å². The molecule has 0 heterocycles. The lowest BCUT2D eigenvalue weighted by molar-refractivity contribution is -0.142. The van der Waals surface area contributed by atoms with E-state index in [-0.39, 0.29) is 5.41 Å². The first-order chi connectivity index (χ1) is 4.97. The van der Waals surface area contributed by atoms with Gasteiger partial charge in [-0.15, -0.1) is 0 Å². The molecule has 0 radical (unpaired) electrons. The second-order valence-corrected chi connectivity index (χ2v) is 3.46. The number of rotatable bonds is 3. The van der Waals surface area contributed by atoms with Crippen molar-refractivity contribution in [1.82, 2.24) is 0 Å². The summed E-state index contributed by atoms with van der Waals surface area (Å²) in [6.45, 7) is 1.85. The van der Waals surface area contributed by atoms with Gasteiger partial charge in [0.1, 0.15) is 6.04 Å². The minimum Gasteiger partial charge on any atom is -0.480 e. The molecule has 4 heteroatoms. The number of hydrogen-bond donors (Lipinski definition) is 3. The van der Waals surface area contributed by atoms with Crippen LogP contribution in [0.5, 0.6) is 0 Å². The zero-order valence-corrected chi connectivity index (χ0v) is 6.45. The summed E-state index contributed by atoms with van der Waals surface area (Å²) < 4.78 is 0. The molecule has 0 bridgehead atoms. The van der Waals surface area contributed by atoms with E-state index in [1.807, 2.05) is 6.92 Å². The number of aliphatic hydroxyl groups is 1. The smallest absolute Gasteiger partial charge is 0.323 e. The lowest BCUT2D eigenvalue weighted by Crippen LogP contribution is -2.45. The first kappa shape index (κ1) is 8.49. The fourth-order valence-corrected chi connectivity index (χ4v) is 1.06. The number of carboxylic acid groups (broad SMARTS) is 1. The number of aliphatic carboxylic acids is 1. The van der Waals surface area contributed by atoms with Crippen molar-refractivity contribution in [3.05, 3.63) is 0 Å². The van der Waals surface area contributed by atoms with E-state index in [0.29, 0.717) is 0 Å². The van der Waals surface area contributed by atoms with Crippen LogP contribution in [0.25, 0.3) is 0 Å². The van der Waals surface area contributed by atoms with E-state index in [0.717, 1.165) is 12.8 Å². The molecular formula is C7H13NO3. The molecule has 0 aliphatic heterocycles. The fraction of sp³-hybridized carbons (Fsp3) is 0.857. The first-order valence-electron chi connectivity index (χ1n) is 3.64. The minimum absolute atomic E-state index is 0.238. The van der Waals surface area contributed by atoms with Crippen LogP contribution in [-0.2, 0) is 4.79 Å².